The third-order valence-corrected chi connectivity index (χ3v) is 7.93. The van der Waals surface area contributed by atoms with Crippen molar-refractivity contribution in [3.05, 3.63) is 104 Å². The molecular weight excluding hydrogens is 543 g/mol. The fraction of sp³-hybridized carbons (Fsp3) is 0.312. The van der Waals surface area contributed by atoms with Gasteiger partial charge in [-0.05, 0) is 61.1 Å². The second kappa shape index (κ2) is 12.2. The van der Waals surface area contributed by atoms with E-state index in [-0.39, 0.29) is 41.3 Å². The normalized spacial score (nSPS) is 13.7. The van der Waals surface area contributed by atoms with Gasteiger partial charge in [-0.15, -0.1) is 0 Å². The van der Waals surface area contributed by atoms with E-state index >= 15 is 0 Å². The number of fused-ring (bicyclic) bond motifs is 1. The summed E-state index contributed by atoms with van der Waals surface area (Å²) < 4.78 is 17.7. The molecule has 4 aromatic rings. The molecule has 2 aromatic heterocycles. The van der Waals surface area contributed by atoms with Gasteiger partial charge in [-0.25, -0.2) is 9.37 Å². The molecule has 0 radical (unpaired) electrons. The summed E-state index contributed by atoms with van der Waals surface area (Å²) in [6.45, 7) is 8.36. The van der Waals surface area contributed by atoms with Crippen molar-refractivity contribution in [1.82, 2.24) is 19.0 Å². The fourth-order valence-corrected chi connectivity index (χ4v) is 5.85. The molecule has 1 aliphatic heterocycles. The van der Waals surface area contributed by atoms with Gasteiger partial charge < -0.3 is 4.90 Å². The van der Waals surface area contributed by atoms with Crippen molar-refractivity contribution in [3.8, 4) is 16.9 Å². The number of benzene rings is 2. The molecule has 1 amide bonds. The van der Waals surface area contributed by atoms with Crippen molar-refractivity contribution >= 4 is 28.7 Å². The van der Waals surface area contributed by atoms with Crippen LogP contribution in [0.25, 0.3) is 28.1 Å². The van der Waals surface area contributed by atoms with E-state index in [0.717, 1.165) is 11.1 Å². The van der Waals surface area contributed by atoms with E-state index in [1.54, 1.807) is 29.2 Å². The number of aromatic nitrogens is 3. The van der Waals surface area contributed by atoms with Crippen molar-refractivity contribution in [1.29, 1.82) is 0 Å². The molecule has 0 aliphatic carbocycles. The van der Waals surface area contributed by atoms with E-state index in [2.05, 4.69) is 6.58 Å². The Labute approximate surface area is 243 Å². The number of hydrogen-bond donors (Lipinski definition) is 0. The van der Waals surface area contributed by atoms with E-state index in [1.807, 2.05) is 32.0 Å². The Morgan fingerprint density at radius 1 is 1.05 bits per heavy atom. The lowest BCUT2D eigenvalue weighted by molar-refractivity contribution is -0.127. The highest BCUT2D eigenvalue weighted by atomic mass is 35.5. The molecule has 9 heteroatoms. The van der Waals surface area contributed by atoms with Crippen LogP contribution >= 0.6 is 11.6 Å². The second-order valence-corrected chi connectivity index (χ2v) is 10.3. The molecule has 3 heterocycles. The minimum absolute atomic E-state index is 0. The van der Waals surface area contributed by atoms with Gasteiger partial charge in [0.15, 0.2) is 5.65 Å². The Hall–Kier alpha value is -4.04. The third-order valence-electron chi connectivity index (χ3n) is 7.65. The molecule has 0 unspecified atom stereocenters. The highest BCUT2D eigenvalue weighted by Crippen LogP contribution is 2.34. The zero-order valence-electron chi connectivity index (χ0n) is 22.5. The number of likely N-dealkylation sites (tertiary alicyclic amines) is 1. The van der Waals surface area contributed by atoms with Gasteiger partial charge in [0.1, 0.15) is 5.82 Å². The number of pyridine rings is 1. The molecule has 41 heavy (non-hydrogen) atoms. The van der Waals surface area contributed by atoms with E-state index in [0.29, 0.717) is 50.0 Å². The van der Waals surface area contributed by atoms with Crippen LogP contribution in [0, 0.1) is 5.82 Å². The number of carbonyl (C=O) groups excluding carboxylic acids is 1. The number of carbonyl (C=O) groups is 1. The smallest absolute Gasteiger partial charge is 0.322 e. The first-order valence-electron chi connectivity index (χ1n) is 13.5. The molecule has 0 spiro atoms. The van der Waals surface area contributed by atoms with Crippen molar-refractivity contribution in [2.45, 2.75) is 53.0 Å². The van der Waals surface area contributed by atoms with Crippen LogP contribution in [0.3, 0.4) is 0 Å². The number of rotatable bonds is 6. The Balaban J connectivity index is 0.00000387. The standard InChI is InChI=1S/C31H30ClFN4O3.CH4/c1-4-19-10-9-11-20(5-2)28(19)37-29-25(18-23(32)27(34-29)22-12-7-8-13-24(22)33)36(30(39)31(37)40)21-14-16-35(17-15-21)26(38)6-3;/h6-13,18,21H,3-5,14-17H2,1-2H3;1H4. The molecule has 1 fully saturated rings. The number of halogens is 2. The van der Waals surface area contributed by atoms with Gasteiger partial charge in [-0.1, -0.05) is 69.8 Å². The monoisotopic (exact) mass is 576 g/mol. The van der Waals surface area contributed by atoms with Crippen molar-refractivity contribution in [3.63, 3.8) is 0 Å². The summed E-state index contributed by atoms with van der Waals surface area (Å²) in [5, 5.41) is 0.162. The van der Waals surface area contributed by atoms with Gasteiger partial charge >= 0.3 is 11.1 Å². The van der Waals surface area contributed by atoms with Crippen LogP contribution < -0.4 is 11.1 Å². The molecule has 7 nitrogen and oxygen atoms in total. The molecule has 0 saturated carbocycles. The van der Waals surface area contributed by atoms with Crippen LogP contribution in [0.5, 0.6) is 0 Å². The first kappa shape index (κ1) is 29.9. The maximum atomic E-state index is 14.9. The van der Waals surface area contributed by atoms with E-state index < -0.39 is 16.9 Å². The maximum Gasteiger partial charge on any atom is 0.322 e. The van der Waals surface area contributed by atoms with Gasteiger partial charge in [0.05, 0.1) is 21.9 Å². The van der Waals surface area contributed by atoms with Crippen molar-refractivity contribution in [2.75, 3.05) is 13.1 Å². The minimum Gasteiger partial charge on any atom is -0.339 e. The zero-order valence-corrected chi connectivity index (χ0v) is 23.2. The number of aryl methyl sites for hydroxylation is 2. The van der Waals surface area contributed by atoms with Gasteiger partial charge in [0, 0.05) is 24.7 Å². The zero-order chi connectivity index (χ0) is 28.6. The largest absolute Gasteiger partial charge is 0.339 e. The predicted molar refractivity (Wildman–Crippen MR) is 163 cm³/mol. The number of piperidine rings is 1. The summed E-state index contributed by atoms with van der Waals surface area (Å²) in [5.41, 5.74) is 1.97. The Kier molecular flexibility index (Phi) is 8.92. The predicted octanol–water partition coefficient (Wildman–Crippen LogP) is 6.12. The van der Waals surface area contributed by atoms with Crippen molar-refractivity contribution in [2.24, 2.45) is 0 Å². The van der Waals surface area contributed by atoms with E-state index in [9.17, 15) is 18.8 Å². The highest BCUT2D eigenvalue weighted by Gasteiger charge is 2.28. The Morgan fingerprint density at radius 3 is 2.27 bits per heavy atom. The lowest BCUT2D eigenvalue weighted by Crippen LogP contribution is -2.46. The lowest BCUT2D eigenvalue weighted by atomic mass is 10.0. The van der Waals surface area contributed by atoms with Gasteiger partial charge in [-0.3, -0.25) is 23.5 Å². The first-order chi connectivity index (χ1) is 19.3. The molecule has 0 atom stereocenters. The number of hydrogen-bond acceptors (Lipinski definition) is 4. The fourth-order valence-electron chi connectivity index (χ4n) is 5.60. The summed E-state index contributed by atoms with van der Waals surface area (Å²) in [5.74, 6) is -0.672. The van der Waals surface area contributed by atoms with Gasteiger partial charge in [0.25, 0.3) is 0 Å². The summed E-state index contributed by atoms with van der Waals surface area (Å²) >= 11 is 6.72. The average Bonchev–Trinajstić information content (AvgIpc) is 2.98. The minimum atomic E-state index is -0.734. The quantitative estimate of drug-likeness (QED) is 0.205. The molecule has 2 aromatic carbocycles. The third kappa shape index (κ3) is 5.24. The summed E-state index contributed by atoms with van der Waals surface area (Å²) in [6, 6.07) is 13.2. The van der Waals surface area contributed by atoms with Crippen LogP contribution in [0.2, 0.25) is 5.02 Å². The molecule has 0 N–H and O–H groups in total. The topological polar surface area (TPSA) is 77.2 Å². The second-order valence-electron chi connectivity index (χ2n) is 9.85. The lowest BCUT2D eigenvalue weighted by Gasteiger charge is -2.33. The molecule has 1 aliphatic rings. The Bertz CT molecular complexity index is 1730. The number of amides is 1. The number of nitrogens with zero attached hydrogens (tertiary/aromatic N) is 4. The molecule has 5 rings (SSSR count). The molecule has 214 valence electrons. The summed E-state index contributed by atoms with van der Waals surface area (Å²) in [4.78, 5) is 46.5. The molecule has 0 bridgehead atoms. The van der Waals surface area contributed by atoms with Crippen LogP contribution in [-0.4, -0.2) is 38.0 Å². The van der Waals surface area contributed by atoms with Crippen LogP contribution in [0.4, 0.5) is 4.39 Å². The maximum absolute atomic E-state index is 14.9. The summed E-state index contributed by atoms with van der Waals surface area (Å²) in [7, 11) is 0. The number of para-hydroxylation sites is 1. The van der Waals surface area contributed by atoms with Gasteiger partial charge in [0.2, 0.25) is 5.91 Å². The van der Waals surface area contributed by atoms with E-state index in [1.165, 1.54) is 21.3 Å². The first-order valence-corrected chi connectivity index (χ1v) is 13.8. The summed E-state index contributed by atoms with van der Waals surface area (Å²) in [6.07, 6.45) is 3.47. The van der Waals surface area contributed by atoms with Crippen molar-refractivity contribution < 1.29 is 9.18 Å². The van der Waals surface area contributed by atoms with Crippen LogP contribution in [0.15, 0.2) is 70.8 Å². The SMILES string of the molecule is C.C=CC(=O)N1CCC(n2c(=O)c(=O)n(-c3c(CC)cccc3CC)c3nc(-c4ccccc4F)c(Cl)cc32)CC1. The van der Waals surface area contributed by atoms with E-state index in [4.69, 9.17) is 16.6 Å². The average molecular weight is 577 g/mol. The van der Waals surface area contributed by atoms with Crippen LogP contribution in [0.1, 0.15) is 51.3 Å². The van der Waals surface area contributed by atoms with Crippen LogP contribution in [-0.2, 0) is 17.6 Å². The molecule has 1 saturated heterocycles. The highest BCUT2D eigenvalue weighted by molar-refractivity contribution is 6.33. The molecular formula is C32H34ClFN4O3. The van der Waals surface area contributed by atoms with Gasteiger partial charge in [-0.2, -0.15) is 0 Å². The Morgan fingerprint density at radius 2 is 1.68 bits per heavy atom.